The van der Waals surface area contributed by atoms with Crippen molar-refractivity contribution in [3.05, 3.63) is 22.4 Å². The molecule has 1 aromatic heterocycles. The van der Waals surface area contributed by atoms with Gasteiger partial charge in [-0.3, -0.25) is 0 Å². The Hall–Kier alpha value is -1.84. The van der Waals surface area contributed by atoms with Gasteiger partial charge in [0.25, 0.3) is 0 Å². The molecule has 1 rings (SSSR count). The molecule has 0 radical (unpaired) electrons. The number of hydrogen-bond acceptors (Lipinski definition) is 3. The first kappa shape index (κ1) is 13.2. The van der Waals surface area contributed by atoms with E-state index in [9.17, 15) is 5.11 Å². The van der Waals surface area contributed by atoms with Crippen molar-refractivity contribution in [2.75, 3.05) is 5.32 Å². The molecule has 0 aliphatic heterocycles. The van der Waals surface area contributed by atoms with Gasteiger partial charge in [-0.2, -0.15) is 0 Å². The largest absolute Gasteiger partial charge is 0.507 e. The van der Waals surface area contributed by atoms with Gasteiger partial charge in [-0.1, -0.05) is 24.8 Å². The number of rotatable bonds is 2. The number of anilines is 1. The Balaban J connectivity index is 3.12. The molecule has 0 aliphatic rings. The Labute approximate surface area is 106 Å². The third-order valence-corrected chi connectivity index (χ3v) is 2.86. The molecule has 2 N–H and O–H groups in total. The molecule has 1 aromatic rings. The van der Waals surface area contributed by atoms with Gasteiger partial charge in [0.05, 0.1) is 15.4 Å². The van der Waals surface area contributed by atoms with Gasteiger partial charge in [0.2, 0.25) is 0 Å². The highest BCUT2D eigenvalue weighted by molar-refractivity contribution is 7.14. The topological polar surface area (TPSA) is 32.3 Å². The predicted molar refractivity (Wildman–Crippen MR) is 74.8 cm³/mol. The zero-order chi connectivity index (χ0) is 13.1. The van der Waals surface area contributed by atoms with E-state index in [1.165, 1.54) is 11.3 Å². The minimum Gasteiger partial charge on any atom is -0.507 e. The molecule has 2 nitrogen and oxygen atoms in total. The summed E-state index contributed by atoms with van der Waals surface area (Å²) in [5.74, 6) is 6.19. The molecule has 88 valence electrons. The Kier molecular flexibility index (Phi) is 3.89. The Bertz CT molecular complexity index is 529. The molecule has 3 heteroatoms. The van der Waals surface area contributed by atoms with Gasteiger partial charge < -0.3 is 10.4 Å². The maximum absolute atomic E-state index is 9.43. The van der Waals surface area contributed by atoms with E-state index in [-0.39, 0.29) is 11.2 Å². The fraction of sp³-hybridized carbons (Fsp3) is 0.286. The molecule has 0 bridgehead atoms. The summed E-state index contributed by atoms with van der Waals surface area (Å²) in [7, 11) is 0. The standard InChI is InChI=1S/C14H15NOS/c1-6-15-12-9-11(7-8-14(3,4)5)17-13(12)10(2)16/h1,9,15-16H,2H2,3-5H3. The summed E-state index contributed by atoms with van der Waals surface area (Å²) >= 11 is 1.37. The van der Waals surface area contributed by atoms with E-state index in [0.29, 0.717) is 10.6 Å². The van der Waals surface area contributed by atoms with Crippen LogP contribution in [0.15, 0.2) is 12.6 Å². The maximum Gasteiger partial charge on any atom is 0.127 e. The zero-order valence-electron chi connectivity index (χ0n) is 10.2. The molecule has 0 amide bonds. The molecule has 17 heavy (non-hydrogen) atoms. The normalized spacial score (nSPS) is 10.0. The fourth-order valence-corrected chi connectivity index (χ4v) is 1.92. The van der Waals surface area contributed by atoms with Gasteiger partial charge in [0.15, 0.2) is 0 Å². The van der Waals surface area contributed by atoms with Crippen LogP contribution in [0.4, 0.5) is 5.69 Å². The smallest absolute Gasteiger partial charge is 0.127 e. The second-order valence-electron chi connectivity index (χ2n) is 4.57. The number of terminal acetylenes is 1. The number of aliphatic hydroxyl groups is 1. The van der Waals surface area contributed by atoms with E-state index < -0.39 is 0 Å². The van der Waals surface area contributed by atoms with E-state index in [2.05, 4.69) is 29.8 Å². The zero-order valence-corrected chi connectivity index (χ0v) is 11.0. The summed E-state index contributed by atoms with van der Waals surface area (Å²) in [6.45, 7) is 9.62. The first-order chi connectivity index (χ1) is 7.83. The van der Waals surface area contributed by atoms with Crippen LogP contribution in [-0.2, 0) is 0 Å². The minimum absolute atomic E-state index is 0.00319. The molecule has 0 saturated heterocycles. The average Bonchev–Trinajstić information content (AvgIpc) is 2.58. The molecule has 0 aromatic carbocycles. The summed E-state index contributed by atoms with van der Waals surface area (Å²) in [6, 6.07) is 4.14. The lowest BCUT2D eigenvalue weighted by Gasteiger charge is -2.06. The molecule has 0 aliphatic carbocycles. The van der Waals surface area contributed by atoms with Crippen LogP contribution in [0.2, 0.25) is 0 Å². The van der Waals surface area contributed by atoms with Crippen molar-refractivity contribution in [2.45, 2.75) is 20.8 Å². The quantitative estimate of drug-likeness (QED) is 0.473. The lowest BCUT2D eigenvalue weighted by Crippen LogP contribution is -1.98. The van der Waals surface area contributed by atoms with Crippen molar-refractivity contribution < 1.29 is 5.11 Å². The lowest BCUT2D eigenvalue weighted by atomic mass is 9.98. The van der Waals surface area contributed by atoms with Crippen molar-refractivity contribution in [2.24, 2.45) is 5.41 Å². The SMILES string of the molecule is C#CNc1cc(C#CC(C)(C)C)sc1C(=C)O. The average molecular weight is 245 g/mol. The maximum atomic E-state index is 9.43. The van der Waals surface area contributed by atoms with Crippen molar-refractivity contribution >= 4 is 22.8 Å². The second kappa shape index (κ2) is 4.99. The molecular formula is C14H15NOS. The van der Waals surface area contributed by atoms with Gasteiger partial charge in [0, 0.05) is 11.5 Å². The summed E-state index contributed by atoms with van der Waals surface area (Å²) in [4.78, 5) is 1.48. The second-order valence-corrected chi connectivity index (χ2v) is 5.62. The van der Waals surface area contributed by atoms with Crippen molar-refractivity contribution in [3.8, 4) is 24.3 Å². The number of nitrogens with one attached hydrogen (secondary N) is 1. The summed E-state index contributed by atoms with van der Waals surface area (Å²) in [5, 5.41) is 12.2. The van der Waals surface area contributed by atoms with Crippen LogP contribution in [0.3, 0.4) is 0 Å². The van der Waals surface area contributed by atoms with E-state index in [4.69, 9.17) is 6.42 Å². The predicted octanol–water partition coefficient (Wildman–Crippen LogP) is 3.68. The van der Waals surface area contributed by atoms with Crippen LogP contribution < -0.4 is 5.32 Å². The highest BCUT2D eigenvalue weighted by atomic mass is 32.1. The highest BCUT2D eigenvalue weighted by Gasteiger charge is 2.10. The molecular weight excluding hydrogens is 230 g/mol. The Morgan fingerprint density at radius 2 is 2.18 bits per heavy atom. The van der Waals surface area contributed by atoms with Crippen molar-refractivity contribution in [1.82, 2.24) is 0 Å². The van der Waals surface area contributed by atoms with Gasteiger partial charge in [-0.05, 0) is 26.8 Å². The molecule has 0 saturated carbocycles. The molecule has 1 heterocycles. The molecule has 0 atom stereocenters. The first-order valence-corrected chi connectivity index (χ1v) is 5.92. The number of hydrogen-bond donors (Lipinski definition) is 2. The molecule has 0 unspecified atom stereocenters. The lowest BCUT2D eigenvalue weighted by molar-refractivity contribution is 0.516. The van der Waals surface area contributed by atoms with Gasteiger partial charge >= 0.3 is 0 Å². The van der Waals surface area contributed by atoms with Crippen molar-refractivity contribution in [3.63, 3.8) is 0 Å². The van der Waals surface area contributed by atoms with E-state index >= 15 is 0 Å². The van der Waals surface area contributed by atoms with Crippen LogP contribution in [0.5, 0.6) is 0 Å². The van der Waals surface area contributed by atoms with Crippen LogP contribution in [0.25, 0.3) is 5.76 Å². The molecule has 0 spiro atoms. The highest BCUT2D eigenvalue weighted by Crippen LogP contribution is 2.31. The van der Waals surface area contributed by atoms with E-state index in [0.717, 1.165) is 4.88 Å². The van der Waals surface area contributed by atoms with Crippen LogP contribution in [0, 0.1) is 29.7 Å². The van der Waals surface area contributed by atoms with Crippen LogP contribution >= 0.6 is 11.3 Å². The number of thiophene rings is 1. The van der Waals surface area contributed by atoms with Gasteiger partial charge in [-0.25, -0.2) is 0 Å². The monoisotopic (exact) mass is 245 g/mol. The Morgan fingerprint density at radius 3 is 2.65 bits per heavy atom. The first-order valence-electron chi connectivity index (χ1n) is 5.10. The molecule has 0 fully saturated rings. The van der Waals surface area contributed by atoms with E-state index in [1.807, 2.05) is 26.8 Å². The minimum atomic E-state index is -0.0555. The summed E-state index contributed by atoms with van der Waals surface area (Å²) < 4.78 is 0. The van der Waals surface area contributed by atoms with Crippen molar-refractivity contribution in [1.29, 1.82) is 0 Å². The van der Waals surface area contributed by atoms with Gasteiger partial charge in [-0.15, -0.1) is 11.3 Å². The third kappa shape index (κ3) is 3.90. The summed E-state index contributed by atoms with van der Waals surface area (Å²) in [6.07, 6.45) is 5.18. The van der Waals surface area contributed by atoms with Crippen LogP contribution in [0.1, 0.15) is 30.5 Å². The van der Waals surface area contributed by atoms with Crippen LogP contribution in [-0.4, -0.2) is 5.11 Å². The van der Waals surface area contributed by atoms with E-state index in [1.54, 1.807) is 0 Å². The number of aliphatic hydroxyl groups excluding tert-OH is 1. The third-order valence-electron chi connectivity index (χ3n) is 1.76. The summed E-state index contributed by atoms with van der Waals surface area (Å²) in [5.41, 5.74) is 0.614. The Morgan fingerprint density at radius 1 is 1.53 bits per heavy atom. The fourth-order valence-electron chi connectivity index (χ4n) is 1.09. The van der Waals surface area contributed by atoms with Gasteiger partial charge in [0.1, 0.15) is 5.76 Å².